The molecule has 1 fully saturated rings. The van der Waals surface area contributed by atoms with Crippen molar-refractivity contribution < 1.29 is 4.79 Å². The molecule has 0 saturated heterocycles. The lowest BCUT2D eigenvalue weighted by Crippen LogP contribution is -2.10. The number of hydrogen-bond acceptors (Lipinski definition) is 2. The molecule has 3 heteroatoms. The van der Waals surface area contributed by atoms with Crippen LogP contribution in [0.1, 0.15) is 37.7 Å². The Balaban J connectivity index is 2.03. The van der Waals surface area contributed by atoms with Gasteiger partial charge in [0.2, 0.25) is 5.91 Å². The summed E-state index contributed by atoms with van der Waals surface area (Å²) in [5, 5.41) is 0. The van der Waals surface area contributed by atoms with Gasteiger partial charge < -0.3 is 0 Å². The zero-order valence-corrected chi connectivity index (χ0v) is 10.5. The summed E-state index contributed by atoms with van der Waals surface area (Å²) in [5.74, 6) is 0.0333. The van der Waals surface area contributed by atoms with Crippen LogP contribution in [0, 0.1) is 5.92 Å². The van der Waals surface area contributed by atoms with E-state index in [2.05, 4.69) is 22.8 Å². The predicted molar refractivity (Wildman–Crippen MR) is 73.3 cm³/mol. The molecule has 1 saturated carbocycles. The van der Waals surface area contributed by atoms with E-state index >= 15 is 0 Å². The summed E-state index contributed by atoms with van der Waals surface area (Å²) in [6.45, 7) is 3.33. The van der Waals surface area contributed by atoms with Crippen LogP contribution in [0.4, 0.5) is 0 Å². The molecular weight excluding hydrogens is 224 g/mol. The number of carbonyl (C=O) groups is 1. The summed E-state index contributed by atoms with van der Waals surface area (Å²) < 4.78 is 0. The first kappa shape index (κ1) is 12.7. The molecule has 0 aromatic carbocycles. The number of pyridine rings is 1. The molecule has 1 unspecified atom stereocenters. The van der Waals surface area contributed by atoms with E-state index in [4.69, 9.17) is 0 Å². The molecule has 0 spiro atoms. The van der Waals surface area contributed by atoms with Gasteiger partial charge >= 0.3 is 0 Å². The summed E-state index contributed by atoms with van der Waals surface area (Å²) in [7, 11) is 0. The van der Waals surface area contributed by atoms with Gasteiger partial charge in [0.1, 0.15) is 0 Å². The number of allylic oxidation sites excluding steroid dienone is 1. The van der Waals surface area contributed by atoms with Crippen LogP contribution in [0.25, 0.3) is 6.08 Å². The van der Waals surface area contributed by atoms with Crippen LogP contribution in [0.5, 0.6) is 0 Å². The van der Waals surface area contributed by atoms with Crippen molar-refractivity contribution in [3.05, 3.63) is 35.7 Å². The zero-order valence-electron chi connectivity index (χ0n) is 10.5. The maximum atomic E-state index is 11.5. The van der Waals surface area contributed by atoms with Gasteiger partial charge in [-0.05, 0) is 56.5 Å². The molecule has 1 amide bonds. The molecule has 2 rings (SSSR count). The van der Waals surface area contributed by atoms with Crippen LogP contribution in [-0.2, 0) is 4.79 Å². The number of carbonyl (C=O) groups excluding carboxylic acids is 1. The molecule has 0 bridgehead atoms. The van der Waals surface area contributed by atoms with Gasteiger partial charge in [0.15, 0.2) is 0 Å². The number of hydrogen-bond donors (Lipinski definition) is 0. The fraction of sp³-hybridized carbons (Fsp3) is 0.400. The van der Waals surface area contributed by atoms with Crippen molar-refractivity contribution in [3.8, 4) is 0 Å². The van der Waals surface area contributed by atoms with Crippen LogP contribution >= 0.6 is 0 Å². The zero-order chi connectivity index (χ0) is 12.8. The molecule has 1 heterocycles. The molecule has 3 nitrogen and oxygen atoms in total. The Labute approximate surface area is 108 Å². The molecular formula is C15H18N2O. The number of nitrogens with zero attached hydrogens (tertiary/aromatic N) is 2. The quantitative estimate of drug-likeness (QED) is 0.590. The summed E-state index contributed by atoms with van der Waals surface area (Å²) >= 11 is 0. The fourth-order valence-corrected chi connectivity index (χ4v) is 2.42. The second-order valence-corrected chi connectivity index (χ2v) is 4.71. The van der Waals surface area contributed by atoms with E-state index in [1.165, 1.54) is 11.1 Å². The van der Waals surface area contributed by atoms with Gasteiger partial charge in [0.25, 0.3) is 0 Å². The number of amides is 1. The lowest BCUT2D eigenvalue weighted by atomic mass is 9.99. The summed E-state index contributed by atoms with van der Waals surface area (Å²) in [4.78, 5) is 19.1. The van der Waals surface area contributed by atoms with Gasteiger partial charge in [0.05, 0.1) is 0 Å². The Morgan fingerprint density at radius 3 is 2.83 bits per heavy atom. The molecule has 18 heavy (non-hydrogen) atoms. The smallest absolute Gasteiger partial charge is 0.248 e. The highest BCUT2D eigenvalue weighted by Gasteiger charge is 2.20. The minimum Gasteiger partial charge on any atom is -0.272 e. The molecule has 0 radical (unpaired) electrons. The van der Waals surface area contributed by atoms with Crippen molar-refractivity contribution >= 4 is 18.7 Å². The van der Waals surface area contributed by atoms with Crippen LogP contribution in [0.3, 0.4) is 0 Å². The van der Waals surface area contributed by atoms with Crippen molar-refractivity contribution in [1.82, 2.24) is 4.98 Å². The highest BCUT2D eigenvalue weighted by molar-refractivity contribution is 5.82. The summed E-state index contributed by atoms with van der Waals surface area (Å²) in [5.41, 5.74) is 2.60. The third-order valence-electron chi connectivity index (χ3n) is 3.45. The van der Waals surface area contributed by atoms with Gasteiger partial charge in [-0.1, -0.05) is 11.6 Å². The van der Waals surface area contributed by atoms with Crippen LogP contribution in [0.15, 0.2) is 35.1 Å². The molecule has 1 aliphatic carbocycles. The minimum absolute atomic E-state index is 0.0415. The van der Waals surface area contributed by atoms with E-state index < -0.39 is 0 Å². The summed E-state index contributed by atoms with van der Waals surface area (Å²) in [6.07, 6.45) is 10.8. The summed E-state index contributed by atoms with van der Waals surface area (Å²) in [6, 6.07) is 4.01. The monoisotopic (exact) mass is 242 g/mol. The van der Waals surface area contributed by atoms with E-state index in [-0.39, 0.29) is 11.8 Å². The number of rotatable bonds is 2. The average Bonchev–Trinajstić information content (AvgIpc) is 2.65. The third-order valence-corrected chi connectivity index (χ3v) is 3.45. The number of aromatic nitrogens is 1. The van der Waals surface area contributed by atoms with Crippen LogP contribution in [-0.4, -0.2) is 17.6 Å². The molecule has 94 valence electrons. The Morgan fingerprint density at radius 1 is 1.33 bits per heavy atom. The van der Waals surface area contributed by atoms with E-state index in [9.17, 15) is 4.79 Å². The van der Waals surface area contributed by atoms with Gasteiger partial charge in [0, 0.05) is 18.3 Å². The van der Waals surface area contributed by atoms with Crippen molar-refractivity contribution in [3.63, 3.8) is 0 Å². The average molecular weight is 242 g/mol. The highest BCUT2D eigenvalue weighted by atomic mass is 16.1. The standard InChI is InChI=1S/C15H18N2O/c1-16-15(18)14-4-2-3-12(5-6-14)11-13-7-9-17-10-8-13/h7-11,14H,1-6H2. The van der Waals surface area contributed by atoms with Crippen molar-refractivity contribution in [2.75, 3.05) is 0 Å². The molecule has 0 N–H and O–H groups in total. The molecule has 1 aromatic heterocycles. The lowest BCUT2D eigenvalue weighted by Gasteiger charge is -2.07. The first-order chi connectivity index (χ1) is 8.79. The van der Waals surface area contributed by atoms with E-state index in [1.54, 1.807) is 12.4 Å². The van der Waals surface area contributed by atoms with Crippen molar-refractivity contribution in [2.24, 2.45) is 10.9 Å². The lowest BCUT2D eigenvalue weighted by molar-refractivity contribution is -0.121. The minimum atomic E-state index is -0.0415. The maximum absolute atomic E-state index is 11.5. The van der Waals surface area contributed by atoms with E-state index in [0.29, 0.717) is 0 Å². The largest absolute Gasteiger partial charge is 0.272 e. The van der Waals surface area contributed by atoms with Crippen molar-refractivity contribution in [2.45, 2.75) is 32.1 Å². The Kier molecular flexibility index (Phi) is 4.40. The Morgan fingerprint density at radius 2 is 2.11 bits per heavy atom. The third kappa shape index (κ3) is 3.36. The fourth-order valence-electron chi connectivity index (χ4n) is 2.42. The SMILES string of the molecule is C=NC(=O)C1CCCC(=Cc2ccncc2)CC1. The topological polar surface area (TPSA) is 42.3 Å². The first-order valence-corrected chi connectivity index (χ1v) is 6.39. The maximum Gasteiger partial charge on any atom is 0.248 e. The van der Waals surface area contributed by atoms with Crippen LogP contribution < -0.4 is 0 Å². The van der Waals surface area contributed by atoms with Gasteiger partial charge in [-0.15, -0.1) is 0 Å². The molecule has 1 aliphatic rings. The number of aliphatic imine (C=N–C) groups is 1. The van der Waals surface area contributed by atoms with E-state index in [1.807, 2.05) is 12.1 Å². The Bertz CT molecular complexity index is 451. The molecule has 1 aromatic rings. The van der Waals surface area contributed by atoms with Crippen LogP contribution in [0.2, 0.25) is 0 Å². The normalized spacial score (nSPS) is 22.4. The predicted octanol–water partition coefficient (Wildman–Crippen LogP) is 3.27. The Hall–Kier alpha value is -1.77. The molecule has 1 atom stereocenters. The van der Waals surface area contributed by atoms with Gasteiger partial charge in [-0.2, -0.15) is 0 Å². The van der Waals surface area contributed by atoms with Crippen molar-refractivity contribution in [1.29, 1.82) is 0 Å². The second-order valence-electron chi connectivity index (χ2n) is 4.71. The highest BCUT2D eigenvalue weighted by Crippen LogP contribution is 2.28. The van der Waals surface area contributed by atoms with Gasteiger partial charge in [-0.25, -0.2) is 4.99 Å². The first-order valence-electron chi connectivity index (χ1n) is 6.39. The van der Waals surface area contributed by atoms with E-state index in [0.717, 1.165) is 32.1 Å². The van der Waals surface area contributed by atoms with Gasteiger partial charge in [-0.3, -0.25) is 9.78 Å². The molecule has 0 aliphatic heterocycles. The second kappa shape index (κ2) is 6.24.